The minimum atomic E-state index is 0.876. The van der Waals surface area contributed by atoms with Gasteiger partial charge in [-0.05, 0) is 43.7 Å². The van der Waals surface area contributed by atoms with Gasteiger partial charge in [0.05, 0.1) is 5.69 Å². The van der Waals surface area contributed by atoms with Crippen LogP contribution in [-0.4, -0.2) is 5.71 Å². The van der Waals surface area contributed by atoms with Crippen molar-refractivity contribution in [3.05, 3.63) is 30.3 Å². The van der Waals surface area contributed by atoms with E-state index in [-0.39, 0.29) is 0 Å². The van der Waals surface area contributed by atoms with E-state index in [1.54, 1.807) is 0 Å². The fourth-order valence-corrected chi connectivity index (χ4v) is 1.86. The van der Waals surface area contributed by atoms with E-state index in [9.17, 15) is 0 Å². The molecule has 1 aliphatic rings. The lowest BCUT2D eigenvalue weighted by Gasteiger charge is -2.18. The van der Waals surface area contributed by atoms with E-state index in [1.807, 2.05) is 30.3 Å². The van der Waals surface area contributed by atoms with Gasteiger partial charge in [0.15, 0.2) is 0 Å². The second kappa shape index (κ2) is 4.96. The lowest BCUT2D eigenvalue weighted by molar-refractivity contribution is 0.483. The van der Waals surface area contributed by atoms with Crippen LogP contribution in [0.2, 0.25) is 0 Å². The van der Waals surface area contributed by atoms with Gasteiger partial charge in [-0.25, -0.2) is 0 Å². The molecule has 0 aliphatic heterocycles. The van der Waals surface area contributed by atoms with Crippen LogP contribution >= 0.6 is 0 Å². The third-order valence-electron chi connectivity index (χ3n) is 2.97. The molecule has 1 aliphatic carbocycles. The maximum Gasteiger partial charge on any atom is 0.0561 e. The Bertz CT molecular complexity index is 320. The van der Waals surface area contributed by atoms with Crippen LogP contribution in [0.5, 0.6) is 0 Å². The molecule has 2 nitrogen and oxygen atoms in total. The van der Waals surface area contributed by atoms with Gasteiger partial charge in [0.2, 0.25) is 0 Å². The molecule has 0 amide bonds. The molecule has 0 heterocycles. The Hall–Kier alpha value is -1.31. The van der Waals surface area contributed by atoms with Crippen molar-refractivity contribution in [1.29, 1.82) is 0 Å². The lowest BCUT2D eigenvalue weighted by Crippen LogP contribution is -2.12. The third kappa shape index (κ3) is 3.08. The van der Waals surface area contributed by atoms with Crippen molar-refractivity contribution in [1.82, 2.24) is 0 Å². The second-order valence-electron chi connectivity index (χ2n) is 4.34. The zero-order valence-electron chi connectivity index (χ0n) is 9.24. The monoisotopic (exact) mass is 202 g/mol. The van der Waals surface area contributed by atoms with Crippen LogP contribution in [-0.2, 0) is 0 Å². The number of rotatable bonds is 2. The molecular weight excluding hydrogens is 184 g/mol. The Balaban J connectivity index is 1.89. The van der Waals surface area contributed by atoms with Crippen LogP contribution in [0.25, 0.3) is 0 Å². The Kier molecular flexibility index (Phi) is 3.38. The number of nitrogens with zero attached hydrogens (tertiary/aromatic N) is 1. The Morgan fingerprint density at radius 3 is 2.47 bits per heavy atom. The number of para-hydroxylation sites is 1. The van der Waals surface area contributed by atoms with Crippen molar-refractivity contribution in [2.45, 2.75) is 32.6 Å². The number of hydrogen-bond donors (Lipinski definition) is 1. The Morgan fingerprint density at radius 1 is 1.13 bits per heavy atom. The van der Waals surface area contributed by atoms with Crippen molar-refractivity contribution in [3.63, 3.8) is 0 Å². The summed E-state index contributed by atoms with van der Waals surface area (Å²) in [5.74, 6) is 0.876. The van der Waals surface area contributed by atoms with Crippen molar-refractivity contribution in [3.8, 4) is 0 Å². The fraction of sp³-hybridized carbons (Fsp3) is 0.462. The number of anilines is 1. The summed E-state index contributed by atoms with van der Waals surface area (Å²) in [6.07, 6.45) is 4.88. The van der Waals surface area contributed by atoms with Crippen LogP contribution < -0.4 is 5.43 Å². The molecule has 0 aromatic heterocycles. The van der Waals surface area contributed by atoms with Gasteiger partial charge >= 0.3 is 0 Å². The summed E-state index contributed by atoms with van der Waals surface area (Å²) in [6, 6.07) is 10.1. The molecule has 1 aromatic rings. The van der Waals surface area contributed by atoms with Crippen molar-refractivity contribution >= 4 is 11.4 Å². The zero-order valence-corrected chi connectivity index (χ0v) is 9.24. The van der Waals surface area contributed by atoms with Crippen LogP contribution in [0, 0.1) is 5.92 Å². The van der Waals surface area contributed by atoms with Crippen molar-refractivity contribution in [2.75, 3.05) is 5.43 Å². The van der Waals surface area contributed by atoms with E-state index in [0.717, 1.165) is 24.4 Å². The predicted octanol–water partition coefficient (Wildman–Crippen LogP) is 3.66. The molecule has 2 heteroatoms. The van der Waals surface area contributed by atoms with Crippen molar-refractivity contribution in [2.24, 2.45) is 11.0 Å². The standard InChI is InChI=1S/C13H18N2/c1-11-7-9-13(10-8-11)15-14-12-5-3-2-4-6-12/h2-6,11,14H,7-10H2,1H3. The van der Waals surface area contributed by atoms with Gasteiger partial charge < -0.3 is 0 Å². The van der Waals surface area contributed by atoms with Crippen molar-refractivity contribution < 1.29 is 0 Å². The smallest absolute Gasteiger partial charge is 0.0561 e. The summed E-state index contributed by atoms with van der Waals surface area (Å²) in [5.41, 5.74) is 5.51. The highest BCUT2D eigenvalue weighted by Gasteiger charge is 2.12. The molecule has 1 N–H and O–H groups in total. The molecule has 0 atom stereocenters. The predicted molar refractivity (Wildman–Crippen MR) is 65.1 cm³/mol. The average molecular weight is 202 g/mol. The molecule has 1 saturated carbocycles. The van der Waals surface area contributed by atoms with Gasteiger partial charge in [0.1, 0.15) is 0 Å². The SMILES string of the molecule is CC1CCC(=NNc2ccccc2)CC1. The van der Waals surface area contributed by atoms with E-state index in [4.69, 9.17) is 0 Å². The largest absolute Gasteiger partial charge is 0.279 e. The molecule has 2 rings (SSSR count). The molecular formula is C13H18N2. The van der Waals surface area contributed by atoms with Gasteiger partial charge in [-0.1, -0.05) is 25.1 Å². The summed E-state index contributed by atoms with van der Waals surface area (Å²) in [4.78, 5) is 0. The highest BCUT2D eigenvalue weighted by molar-refractivity contribution is 5.85. The molecule has 0 saturated heterocycles. The molecule has 0 unspecified atom stereocenters. The molecule has 1 fully saturated rings. The Labute approximate surface area is 91.4 Å². The summed E-state index contributed by atoms with van der Waals surface area (Å²) < 4.78 is 0. The first kappa shape index (κ1) is 10.2. The zero-order chi connectivity index (χ0) is 10.5. The molecule has 0 radical (unpaired) electrons. The minimum absolute atomic E-state index is 0.876. The molecule has 0 spiro atoms. The normalized spacial score (nSPS) is 21.1. The summed E-state index contributed by atoms with van der Waals surface area (Å²) >= 11 is 0. The van der Waals surface area contributed by atoms with E-state index >= 15 is 0 Å². The van der Waals surface area contributed by atoms with Crippen LogP contribution in [0.3, 0.4) is 0 Å². The summed E-state index contributed by atoms with van der Waals surface area (Å²) in [7, 11) is 0. The summed E-state index contributed by atoms with van der Waals surface area (Å²) in [5, 5.41) is 4.45. The molecule has 80 valence electrons. The highest BCUT2D eigenvalue weighted by atomic mass is 15.3. The number of hydrazone groups is 1. The number of nitrogens with one attached hydrogen (secondary N) is 1. The fourth-order valence-electron chi connectivity index (χ4n) is 1.86. The van der Waals surface area contributed by atoms with E-state index in [1.165, 1.54) is 18.6 Å². The van der Waals surface area contributed by atoms with Gasteiger partial charge in [-0.3, -0.25) is 5.43 Å². The summed E-state index contributed by atoms with van der Waals surface area (Å²) in [6.45, 7) is 2.32. The first-order chi connectivity index (χ1) is 7.34. The number of benzene rings is 1. The average Bonchev–Trinajstić information content (AvgIpc) is 2.30. The first-order valence-electron chi connectivity index (χ1n) is 5.71. The van der Waals surface area contributed by atoms with E-state index < -0.39 is 0 Å². The van der Waals surface area contributed by atoms with Gasteiger partial charge in [0.25, 0.3) is 0 Å². The van der Waals surface area contributed by atoms with Crippen LogP contribution in [0.15, 0.2) is 35.4 Å². The quantitative estimate of drug-likeness (QED) is 0.727. The van der Waals surface area contributed by atoms with Gasteiger partial charge in [-0.15, -0.1) is 0 Å². The third-order valence-corrected chi connectivity index (χ3v) is 2.97. The lowest BCUT2D eigenvalue weighted by atomic mass is 9.90. The van der Waals surface area contributed by atoms with Gasteiger partial charge in [0, 0.05) is 5.71 Å². The maximum atomic E-state index is 4.45. The molecule has 15 heavy (non-hydrogen) atoms. The number of hydrogen-bond acceptors (Lipinski definition) is 2. The topological polar surface area (TPSA) is 24.4 Å². The van der Waals surface area contributed by atoms with Gasteiger partial charge in [-0.2, -0.15) is 5.10 Å². The minimum Gasteiger partial charge on any atom is -0.279 e. The highest BCUT2D eigenvalue weighted by Crippen LogP contribution is 2.21. The van der Waals surface area contributed by atoms with E-state index in [2.05, 4.69) is 17.5 Å². The maximum absolute atomic E-state index is 4.45. The molecule has 0 bridgehead atoms. The van der Waals surface area contributed by atoms with E-state index in [0.29, 0.717) is 0 Å². The second-order valence-corrected chi connectivity index (χ2v) is 4.34. The molecule has 1 aromatic carbocycles. The Morgan fingerprint density at radius 2 is 1.80 bits per heavy atom. The first-order valence-corrected chi connectivity index (χ1v) is 5.71. The van der Waals surface area contributed by atoms with Crippen LogP contribution in [0.1, 0.15) is 32.6 Å². The van der Waals surface area contributed by atoms with Crippen LogP contribution in [0.4, 0.5) is 5.69 Å².